The number of amides is 1. The predicted octanol–water partition coefficient (Wildman–Crippen LogP) is 6.91. The molecule has 5 aromatic rings. The number of nitrogens with zero attached hydrogens (tertiary/aromatic N) is 7. The van der Waals surface area contributed by atoms with Crippen molar-refractivity contribution in [3.05, 3.63) is 87.8 Å². The van der Waals surface area contributed by atoms with Crippen molar-refractivity contribution in [3.8, 4) is 5.75 Å². The van der Waals surface area contributed by atoms with Gasteiger partial charge in [-0.3, -0.25) is 24.2 Å². The van der Waals surface area contributed by atoms with Crippen LogP contribution in [0.1, 0.15) is 52.7 Å². The molecule has 310 valence electrons. The Bertz CT molecular complexity index is 2400. The Kier molecular flexibility index (Phi) is 12.2. The van der Waals surface area contributed by atoms with Gasteiger partial charge in [-0.1, -0.05) is 12.1 Å². The lowest BCUT2D eigenvalue weighted by atomic mass is 9.99. The van der Waals surface area contributed by atoms with Crippen LogP contribution in [-0.4, -0.2) is 102 Å². The van der Waals surface area contributed by atoms with Crippen LogP contribution >= 0.6 is 23.5 Å². The van der Waals surface area contributed by atoms with Crippen LogP contribution in [0.2, 0.25) is 0 Å². The van der Waals surface area contributed by atoms with Gasteiger partial charge in [0.2, 0.25) is 5.95 Å². The number of hydrogen-bond acceptors (Lipinski definition) is 14. The lowest BCUT2D eigenvalue weighted by Crippen LogP contribution is -2.46. The van der Waals surface area contributed by atoms with E-state index >= 15 is 0 Å². The minimum Gasteiger partial charge on any atom is -0.494 e. The van der Waals surface area contributed by atoms with Crippen molar-refractivity contribution in [3.63, 3.8) is 0 Å². The highest BCUT2D eigenvalue weighted by molar-refractivity contribution is 9.10. The molecule has 17 heteroatoms. The van der Waals surface area contributed by atoms with E-state index in [1.165, 1.54) is 31.5 Å². The maximum atomic E-state index is 13.8. The van der Waals surface area contributed by atoms with Crippen molar-refractivity contribution >= 4 is 74.6 Å². The third-order valence-electron chi connectivity index (χ3n) is 11.8. The van der Waals surface area contributed by atoms with Crippen LogP contribution in [0.5, 0.6) is 5.75 Å². The first-order valence-electron chi connectivity index (χ1n) is 19.9. The number of methoxy groups -OCH3 is 1. The molecule has 0 bridgehead atoms. The Labute approximate surface area is 352 Å². The summed E-state index contributed by atoms with van der Waals surface area (Å²) in [7, 11) is 2.76. The quantitative estimate of drug-likeness (QED) is 0.105. The summed E-state index contributed by atoms with van der Waals surface area (Å²) in [5.41, 5.74) is 7.61. The third kappa shape index (κ3) is 8.26. The number of piperidine rings is 2. The summed E-state index contributed by atoms with van der Waals surface area (Å²) in [6.45, 7) is 7.35. The molecule has 0 radical (unpaired) electrons. The minimum atomic E-state index is -3.78. The predicted molar refractivity (Wildman–Crippen MR) is 234 cm³/mol. The molecule has 0 saturated carbocycles. The molecule has 1 unspecified atom stereocenters. The Hall–Kier alpha value is -4.70. The van der Waals surface area contributed by atoms with E-state index in [4.69, 9.17) is 18.8 Å². The molecule has 3 aromatic carbocycles. The number of benzene rings is 3. The van der Waals surface area contributed by atoms with Gasteiger partial charge in [0, 0.05) is 94.9 Å². The average molecular weight is 886 g/mol. The molecule has 1 amide bonds. The van der Waals surface area contributed by atoms with Crippen molar-refractivity contribution in [1.29, 1.82) is 0 Å². The van der Waals surface area contributed by atoms with E-state index in [2.05, 4.69) is 93.7 Å². The summed E-state index contributed by atoms with van der Waals surface area (Å²) in [6, 6.07) is 14.6. The number of aryl methyl sites for hydroxylation is 1. The fourth-order valence-electron chi connectivity index (χ4n) is 8.61. The SMILES string of the molecule is COc1cc(N2CCC(N(C)Cc3cccc4c3CN(C3CCCNC3)C4=O)CC2)c(C)cc1Nc1ncc(Br)c(Nc2ccc3nccnc3c2P(=O)(OC)OC)n1. The molecule has 5 heterocycles. The molecular weight excluding hydrogens is 835 g/mol. The van der Waals surface area contributed by atoms with Gasteiger partial charge < -0.3 is 39.5 Å². The summed E-state index contributed by atoms with van der Waals surface area (Å²) in [5, 5.41) is 10.3. The second-order valence-corrected chi connectivity index (χ2v) is 18.3. The topological polar surface area (TPSA) is 159 Å². The molecule has 2 saturated heterocycles. The number of aromatic nitrogens is 4. The van der Waals surface area contributed by atoms with Gasteiger partial charge in [0.25, 0.3) is 5.91 Å². The first-order valence-corrected chi connectivity index (χ1v) is 22.2. The summed E-state index contributed by atoms with van der Waals surface area (Å²) in [5.74, 6) is 1.57. The zero-order chi connectivity index (χ0) is 41.3. The molecule has 8 rings (SSSR count). The molecule has 0 aliphatic carbocycles. The number of anilines is 5. The van der Waals surface area contributed by atoms with Crippen LogP contribution in [0, 0.1) is 6.92 Å². The van der Waals surface area contributed by atoms with Gasteiger partial charge in [-0.15, -0.1) is 0 Å². The number of fused-ring (bicyclic) bond motifs is 2. The number of rotatable bonds is 13. The fourth-order valence-corrected chi connectivity index (χ4v) is 10.3. The van der Waals surface area contributed by atoms with E-state index in [1.54, 1.807) is 31.6 Å². The van der Waals surface area contributed by atoms with Crippen molar-refractivity contribution in [1.82, 2.24) is 35.1 Å². The van der Waals surface area contributed by atoms with Gasteiger partial charge in [-0.2, -0.15) is 4.98 Å². The minimum absolute atomic E-state index is 0.177. The summed E-state index contributed by atoms with van der Waals surface area (Å²) >= 11 is 3.56. The third-order valence-corrected chi connectivity index (χ3v) is 14.3. The smallest absolute Gasteiger partial charge is 0.365 e. The first-order chi connectivity index (χ1) is 28.6. The number of nitrogens with one attached hydrogen (secondary N) is 3. The van der Waals surface area contributed by atoms with Crippen LogP contribution in [0.25, 0.3) is 11.0 Å². The van der Waals surface area contributed by atoms with Gasteiger partial charge in [-0.25, -0.2) is 4.98 Å². The highest BCUT2D eigenvalue weighted by Gasteiger charge is 2.36. The molecule has 3 N–H and O–H groups in total. The lowest BCUT2D eigenvalue weighted by Gasteiger charge is -2.39. The average Bonchev–Trinajstić information content (AvgIpc) is 3.61. The fraction of sp³-hybridized carbons (Fsp3) is 0.405. The van der Waals surface area contributed by atoms with E-state index in [1.807, 2.05) is 12.1 Å². The van der Waals surface area contributed by atoms with Crippen molar-refractivity contribution in [2.75, 3.05) is 70.1 Å². The van der Waals surface area contributed by atoms with E-state index in [-0.39, 0.29) is 17.3 Å². The molecule has 0 spiro atoms. The number of carbonyl (C=O) groups is 1. The second-order valence-electron chi connectivity index (χ2n) is 15.2. The number of ether oxygens (including phenoxy) is 1. The van der Waals surface area contributed by atoms with E-state index in [0.717, 1.165) is 75.2 Å². The molecular formula is C42H50BrN10O5P. The zero-order valence-corrected chi connectivity index (χ0v) is 36.5. The standard InChI is InChI=1S/C42H50BrN10O5P/c1-26-20-35(49-42-47-23-32(43)40(50-42)48-34-12-11-33-38(46-17-16-45-33)39(34)59(55,57-4)58-5)37(56-3)21-36(26)52-18-13-28(14-19-52)51(2)24-27-8-6-10-30-31(27)25-53(41(30)54)29-9-7-15-44-22-29/h6,8,10-12,16-17,20-21,23,28-29,44H,7,9,13-15,18-19,22,24-25H2,1-5H3,(H2,47,48,49,50). The zero-order valence-electron chi connectivity index (χ0n) is 34.0. The van der Waals surface area contributed by atoms with Crippen molar-refractivity contribution in [2.24, 2.45) is 0 Å². The highest BCUT2D eigenvalue weighted by Crippen LogP contribution is 2.49. The highest BCUT2D eigenvalue weighted by atomic mass is 79.9. The molecule has 59 heavy (non-hydrogen) atoms. The van der Waals surface area contributed by atoms with Gasteiger partial charge in [0.1, 0.15) is 22.4 Å². The summed E-state index contributed by atoms with van der Waals surface area (Å²) < 4.78 is 31.1. The summed E-state index contributed by atoms with van der Waals surface area (Å²) in [6.07, 6.45) is 8.94. The first kappa shape index (κ1) is 41.1. The van der Waals surface area contributed by atoms with Crippen LogP contribution < -0.4 is 30.9 Å². The van der Waals surface area contributed by atoms with Crippen molar-refractivity contribution in [2.45, 2.75) is 57.8 Å². The largest absolute Gasteiger partial charge is 0.494 e. The monoisotopic (exact) mass is 884 g/mol. The lowest BCUT2D eigenvalue weighted by molar-refractivity contribution is 0.0674. The molecule has 2 aromatic heterocycles. The Morgan fingerprint density at radius 3 is 2.54 bits per heavy atom. The van der Waals surface area contributed by atoms with Crippen LogP contribution in [-0.2, 0) is 26.7 Å². The molecule has 3 aliphatic heterocycles. The molecule has 1 atom stereocenters. The maximum absolute atomic E-state index is 13.8. The second kappa shape index (κ2) is 17.5. The van der Waals surface area contributed by atoms with Crippen LogP contribution in [0.3, 0.4) is 0 Å². The number of carbonyl (C=O) groups excluding carboxylic acids is 1. The molecule has 3 aliphatic rings. The Balaban J connectivity index is 0.943. The summed E-state index contributed by atoms with van der Waals surface area (Å²) in [4.78, 5) is 38.5. The van der Waals surface area contributed by atoms with Crippen LogP contribution in [0.4, 0.5) is 28.8 Å². The van der Waals surface area contributed by atoms with E-state index in [0.29, 0.717) is 57.0 Å². The Morgan fingerprint density at radius 1 is 1.00 bits per heavy atom. The van der Waals surface area contributed by atoms with Crippen LogP contribution in [0.15, 0.2) is 65.5 Å². The van der Waals surface area contributed by atoms with E-state index in [9.17, 15) is 9.36 Å². The van der Waals surface area contributed by atoms with Gasteiger partial charge in [0.15, 0.2) is 0 Å². The Morgan fingerprint density at radius 2 is 1.80 bits per heavy atom. The molecule has 15 nitrogen and oxygen atoms in total. The van der Waals surface area contributed by atoms with Gasteiger partial charge >= 0.3 is 7.60 Å². The number of hydrogen-bond donors (Lipinski definition) is 3. The van der Waals surface area contributed by atoms with E-state index < -0.39 is 7.60 Å². The van der Waals surface area contributed by atoms with Crippen molar-refractivity contribution < 1.29 is 23.1 Å². The maximum Gasteiger partial charge on any atom is 0.365 e. The number of halogens is 1. The van der Waals surface area contributed by atoms with Gasteiger partial charge in [-0.05, 0) is 103 Å². The van der Waals surface area contributed by atoms with Gasteiger partial charge in [0.05, 0.1) is 28.5 Å². The molecule has 2 fully saturated rings. The normalized spacial score (nSPS) is 17.5.